The summed E-state index contributed by atoms with van der Waals surface area (Å²) in [6.45, 7) is 9.04. The summed E-state index contributed by atoms with van der Waals surface area (Å²) < 4.78 is 5.37. The van der Waals surface area contributed by atoms with E-state index in [1.54, 1.807) is 0 Å². The second kappa shape index (κ2) is 7.18. The number of carbonyl (C=O) groups excluding carboxylic acids is 1. The lowest BCUT2D eigenvalue weighted by Gasteiger charge is -2.19. The molecular formula is C19H24N2O2. The number of urea groups is 1. The van der Waals surface area contributed by atoms with Gasteiger partial charge in [0.05, 0.1) is 6.61 Å². The fourth-order valence-electron chi connectivity index (χ4n) is 2.15. The van der Waals surface area contributed by atoms with Gasteiger partial charge in [0.25, 0.3) is 0 Å². The highest BCUT2D eigenvalue weighted by atomic mass is 16.5. The van der Waals surface area contributed by atoms with Crippen LogP contribution in [0.2, 0.25) is 0 Å². The van der Waals surface area contributed by atoms with E-state index < -0.39 is 0 Å². The van der Waals surface area contributed by atoms with Gasteiger partial charge < -0.3 is 15.4 Å². The van der Waals surface area contributed by atoms with Gasteiger partial charge in [0.1, 0.15) is 5.75 Å². The van der Waals surface area contributed by atoms with Crippen LogP contribution in [0.4, 0.5) is 16.2 Å². The first-order chi connectivity index (χ1) is 10.9. The highest BCUT2D eigenvalue weighted by Crippen LogP contribution is 2.23. The standard InChI is InChI=1S/C19H24N2O2/c1-5-23-17-12-10-16(11-13-17)21-18(22)20-15-8-6-14(7-9-15)19(2,3)4/h6-13H,5H2,1-4H3,(H2,20,21,22). The highest BCUT2D eigenvalue weighted by Gasteiger charge is 2.13. The molecule has 0 aromatic heterocycles. The van der Waals surface area contributed by atoms with Crippen molar-refractivity contribution in [3.63, 3.8) is 0 Å². The molecule has 0 unspecified atom stereocenters. The van der Waals surface area contributed by atoms with E-state index >= 15 is 0 Å². The molecule has 0 radical (unpaired) electrons. The van der Waals surface area contributed by atoms with Crippen LogP contribution in [0, 0.1) is 0 Å². The van der Waals surface area contributed by atoms with Crippen molar-refractivity contribution >= 4 is 17.4 Å². The van der Waals surface area contributed by atoms with Crippen LogP contribution in [0.15, 0.2) is 48.5 Å². The summed E-state index contributed by atoms with van der Waals surface area (Å²) in [4.78, 5) is 12.0. The maximum Gasteiger partial charge on any atom is 0.323 e. The molecule has 2 aromatic carbocycles. The molecule has 0 atom stereocenters. The molecule has 2 N–H and O–H groups in total. The van der Waals surface area contributed by atoms with Crippen LogP contribution in [-0.4, -0.2) is 12.6 Å². The predicted molar refractivity (Wildman–Crippen MR) is 95.4 cm³/mol. The average Bonchev–Trinajstić information content (AvgIpc) is 2.49. The Kier molecular flexibility index (Phi) is 5.27. The molecule has 0 heterocycles. The molecule has 0 aliphatic carbocycles. The largest absolute Gasteiger partial charge is 0.494 e. The second-order valence-corrected chi connectivity index (χ2v) is 6.36. The van der Waals surface area contributed by atoms with Crippen LogP contribution >= 0.6 is 0 Å². The van der Waals surface area contributed by atoms with Crippen molar-refractivity contribution in [1.29, 1.82) is 0 Å². The molecule has 0 bridgehead atoms. The summed E-state index contributed by atoms with van der Waals surface area (Å²) in [5, 5.41) is 5.63. The zero-order chi connectivity index (χ0) is 16.9. The lowest BCUT2D eigenvalue weighted by Crippen LogP contribution is -2.19. The topological polar surface area (TPSA) is 50.4 Å². The monoisotopic (exact) mass is 312 g/mol. The van der Waals surface area contributed by atoms with Gasteiger partial charge in [-0.05, 0) is 54.3 Å². The number of hydrogen-bond acceptors (Lipinski definition) is 2. The SMILES string of the molecule is CCOc1ccc(NC(=O)Nc2ccc(C(C)(C)C)cc2)cc1. The van der Waals surface area contributed by atoms with Crippen molar-refractivity contribution in [3.05, 3.63) is 54.1 Å². The minimum Gasteiger partial charge on any atom is -0.494 e. The van der Waals surface area contributed by atoms with Crippen LogP contribution in [-0.2, 0) is 5.41 Å². The first-order valence-electron chi connectivity index (χ1n) is 7.80. The molecule has 2 rings (SSSR count). The Bertz CT molecular complexity index is 641. The number of hydrogen-bond donors (Lipinski definition) is 2. The van der Waals surface area contributed by atoms with Crippen LogP contribution in [0.3, 0.4) is 0 Å². The average molecular weight is 312 g/mol. The Labute approximate surface area is 137 Å². The minimum atomic E-state index is -0.266. The summed E-state index contributed by atoms with van der Waals surface area (Å²) in [5.41, 5.74) is 2.82. The molecular weight excluding hydrogens is 288 g/mol. The predicted octanol–water partition coefficient (Wildman–Crippen LogP) is 5.03. The van der Waals surface area contributed by atoms with Crippen LogP contribution in [0.1, 0.15) is 33.3 Å². The maximum atomic E-state index is 12.0. The van der Waals surface area contributed by atoms with Gasteiger partial charge in [-0.1, -0.05) is 32.9 Å². The third-order valence-electron chi connectivity index (χ3n) is 3.43. The number of benzene rings is 2. The van der Waals surface area contributed by atoms with E-state index in [9.17, 15) is 4.79 Å². The van der Waals surface area contributed by atoms with E-state index in [-0.39, 0.29) is 11.4 Å². The Hall–Kier alpha value is -2.49. The quantitative estimate of drug-likeness (QED) is 0.832. The summed E-state index contributed by atoms with van der Waals surface area (Å²) in [6, 6.07) is 14.9. The fourth-order valence-corrected chi connectivity index (χ4v) is 2.15. The highest BCUT2D eigenvalue weighted by molar-refractivity contribution is 5.99. The van der Waals surface area contributed by atoms with Crippen LogP contribution < -0.4 is 15.4 Å². The number of anilines is 2. The van der Waals surface area contributed by atoms with Crippen molar-refractivity contribution in [3.8, 4) is 5.75 Å². The lowest BCUT2D eigenvalue weighted by atomic mass is 9.87. The molecule has 2 aromatic rings. The van der Waals surface area contributed by atoms with Crippen molar-refractivity contribution in [1.82, 2.24) is 0 Å². The summed E-state index contributed by atoms with van der Waals surface area (Å²) in [7, 11) is 0. The summed E-state index contributed by atoms with van der Waals surface area (Å²) in [5.74, 6) is 0.788. The maximum absolute atomic E-state index is 12.0. The van der Waals surface area contributed by atoms with E-state index in [1.807, 2.05) is 55.5 Å². The molecule has 0 fully saturated rings. The van der Waals surface area contributed by atoms with Crippen LogP contribution in [0.25, 0.3) is 0 Å². The Balaban J connectivity index is 1.94. The summed E-state index contributed by atoms with van der Waals surface area (Å²) in [6.07, 6.45) is 0. The molecule has 4 nitrogen and oxygen atoms in total. The van der Waals surface area contributed by atoms with Gasteiger partial charge in [0.15, 0.2) is 0 Å². The van der Waals surface area contributed by atoms with E-state index in [2.05, 4.69) is 31.4 Å². The van der Waals surface area contributed by atoms with Gasteiger partial charge in [-0.15, -0.1) is 0 Å². The molecule has 4 heteroatoms. The fraction of sp³-hybridized carbons (Fsp3) is 0.316. The van der Waals surface area contributed by atoms with Gasteiger partial charge in [-0.3, -0.25) is 0 Å². The Morgan fingerprint density at radius 2 is 1.39 bits per heavy atom. The van der Waals surface area contributed by atoms with E-state index in [1.165, 1.54) is 5.56 Å². The van der Waals surface area contributed by atoms with Crippen LogP contribution in [0.5, 0.6) is 5.75 Å². The number of rotatable bonds is 4. The van der Waals surface area contributed by atoms with Gasteiger partial charge in [0.2, 0.25) is 0 Å². The lowest BCUT2D eigenvalue weighted by molar-refractivity contribution is 0.262. The van der Waals surface area contributed by atoms with Crippen molar-refractivity contribution in [2.75, 3.05) is 17.2 Å². The van der Waals surface area contributed by atoms with Gasteiger partial charge in [0, 0.05) is 11.4 Å². The number of ether oxygens (including phenoxy) is 1. The number of amides is 2. The normalized spacial score (nSPS) is 11.0. The number of carbonyl (C=O) groups is 1. The molecule has 0 aliphatic heterocycles. The summed E-state index contributed by atoms with van der Waals surface area (Å²) >= 11 is 0. The van der Waals surface area contributed by atoms with Gasteiger partial charge in [-0.2, -0.15) is 0 Å². The molecule has 0 spiro atoms. The van der Waals surface area contributed by atoms with E-state index in [0.717, 1.165) is 17.1 Å². The number of nitrogens with one attached hydrogen (secondary N) is 2. The first-order valence-corrected chi connectivity index (χ1v) is 7.80. The third kappa shape index (κ3) is 5.02. The van der Waals surface area contributed by atoms with E-state index in [0.29, 0.717) is 6.61 Å². The molecule has 0 saturated heterocycles. The third-order valence-corrected chi connectivity index (χ3v) is 3.43. The first kappa shape index (κ1) is 16.9. The van der Waals surface area contributed by atoms with Crippen molar-refractivity contribution < 1.29 is 9.53 Å². The van der Waals surface area contributed by atoms with E-state index in [4.69, 9.17) is 4.74 Å². The molecule has 122 valence electrons. The van der Waals surface area contributed by atoms with Crippen molar-refractivity contribution in [2.24, 2.45) is 0 Å². The molecule has 0 saturated carbocycles. The van der Waals surface area contributed by atoms with Gasteiger partial charge in [-0.25, -0.2) is 4.79 Å². The molecule has 23 heavy (non-hydrogen) atoms. The second-order valence-electron chi connectivity index (χ2n) is 6.36. The molecule has 0 aliphatic rings. The molecule has 2 amide bonds. The zero-order valence-corrected chi connectivity index (χ0v) is 14.1. The smallest absolute Gasteiger partial charge is 0.323 e. The Morgan fingerprint density at radius 3 is 1.83 bits per heavy atom. The minimum absolute atomic E-state index is 0.100. The van der Waals surface area contributed by atoms with Gasteiger partial charge >= 0.3 is 6.03 Å². The Morgan fingerprint density at radius 1 is 0.913 bits per heavy atom. The zero-order valence-electron chi connectivity index (χ0n) is 14.1. The van der Waals surface area contributed by atoms with Crippen molar-refractivity contribution in [2.45, 2.75) is 33.1 Å².